The molecule has 0 aliphatic heterocycles. The van der Waals surface area contributed by atoms with Gasteiger partial charge in [-0.3, -0.25) is 10.1 Å². The Labute approximate surface area is 143 Å². The van der Waals surface area contributed by atoms with Crippen LogP contribution in [0.2, 0.25) is 0 Å². The zero-order valence-electron chi connectivity index (χ0n) is 13.6. The van der Waals surface area contributed by atoms with E-state index in [4.69, 9.17) is 12.2 Å². The lowest BCUT2D eigenvalue weighted by Gasteiger charge is -2.57. The fourth-order valence-electron chi connectivity index (χ4n) is 5.42. The second-order valence-electron chi connectivity index (χ2n) is 7.97. The van der Waals surface area contributed by atoms with Gasteiger partial charge in [0.25, 0.3) is 5.91 Å². The monoisotopic (exact) mass is 328 g/mol. The summed E-state index contributed by atoms with van der Waals surface area (Å²) in [7, 11) is 0. The second kappa shape index (κ2) is 5.59. The van der Waals surface area contributed by atoms with E-state index in [2.05, 4.69) is 10.6 Å². The second-order valence-corrected chi connectivity index (χ2v) is 8.38. The maximum Gasteiger partial charge on any atom is 0.257 e. The molecule has 4 aliphatic rings. The summed E-state index contributed by atoms with van der Waals surface area (Å²) < 4.78 is 0. The number of thiocarbonyl (C=S) groups is 1. The van der Waals surface area contributed by atoms with Gasteiger partial charge in [0.15, 0.2) is 5.11 Å². The Bertz CT molecular complexity index is 602. The maximum atomic E-state index is 12.3. The molecule has 4 bridgehead atoms. The Hall–Kier alpha value is -1.42. The summed E-state index contributed by atoms with van der Waals surface area (Å²) in [4.78, 5) is 12.3. The lowest BCUT2D eigenvalue weighted by molar-refractivity contribution is -0.0101. The van der Waals surface area contributed by atoms with E-state index in [1.165, 1.54) is 38.5 Å². The van der Waals surface area contributed by atoms with E-state index in [1.807, 2.05) is 31.2 Å². The first kappa shape index (κ1) is 15.1. The van der Waals surface area contributed by atoms with Gasteiger partial charge in [-0.2, -0.15) is 0 Å². The van der Waals surface area contributed by atoms with E-state index in [0.717, 1.165) is 23.3 Å². The van der Waals surface area contributed by atoms with E-state index >= 15 is 0 Å². The van der Waals surface area contributed by atoms with Crippen LogP contribution in [-0.4, -0.2) is 16.6 Å². The summed E-state index contributed by atoms with van der Waals surface area (Å²) in [6.45, 7) is 2.01. The number of hydrogen-bond acceptors (Lipinski definition) is 2. The Morgan fingerprint density at radius 3 is 2.09 bits per heavy atom. The van der Waals surface area contributed by atoms with Crippen molar-refractivity contribution in [2.45, 2.75) is 51.0 Å². The first-order chi connectivity index (χ1) is 11.0. The molecule has 4 aliphatic carbocycles. The van der Waals surface area contributed by atoms with Crippen molar-refractivity contribution in [3.05, 3.63) is 35.4 Å². The number of carbonyl (C=O) groups is 1. The highest BCUT2D eigenvalue weighted by molar-refractivity contribution is 7.80. The zero-order valence-corrected chi connectivity index (χ0v) is 14.4. The molecule has 23 heavy (non-hydrogen) atoms. The van der Waals surface area contributed by atoms with E-state index < -0.39 is 0 Å². The van der Waals surface area contributed by atoms with Gasteiger partial charge < -0.3 is 5.32 Å². The van der Waals surface area contributed by atoms with Gasteiger partial charge in [0, 0.05) is 11.1 Å². The molecule has 4 saturated carbocycles. The SMILES string of the molecule is Cc1ccc(C(=O)NC(=S)NC23CC4CC(CC(C4)C2)C3)cc1. The Morgan fingerprint density at radius 1 is 1.04 bits per heavy atom. The van der Waals surface area contributed by atoms with Crippen LogP contribution in [0.15, 0.2) is 24.3 Å². The van der Waals surface area contributed by atoms with Gasteiger partial charge >= 0.3 is 0 Å². The molecule has 1 amide bonds. The van der Waals surface area contributed by atoms with Crippen molar-refractivity contribution in [2.75, 3.05) is 0 Å². The fourth-order valence-corrected chi connectivity index (χ4v) is 5.73. The number of nitrogens with one attached hydrogen (secondary N) is 2. The van der Waals surface area contributed by atoms with Crippen molar-refractivity contribution >= 4 is 23.2 Å². The van der Waals surface area contributed by atoms with E-state index in [1.54, 1.807) is 0 Å². The first-order valence-electron chi connectivity index (χ1n) is 8.71. The van der Waals surface area contributed by atoms with Gasteiger partial charge in [-0.05, 0) is 87.6 Å². The standard InChI is InChI=1S/C19H24N2OS/c1-12-2-4-16(5-3-12)17(22)20-18(23)21-19-9-13-6-14(10-19)8-15(7-13)11-19/h2-5,13-15H,6-11H2,1H3,(H2,20,21,22,23). The van der Waals surface area contributed by atoms with Crippen molar-refractivity contribution in [3.8, 4) is 0 Å². The predicted octanol–water partition coefficient (Wildman–Crippen LogP) is 3.57. The van der Waals surface area contributed by atoms with Crippen molar-refractivity contribution in [3.63, 3.8) is 0 Å². The third-order valence-electron chi connectivity index (χ3n) is 5.96. The molecular weight excluding hydrogens is 304 g/mol. The van der Waals surface area contributed by atoms with Gasteiger partial charge in [0.1, 0.15) is 0 Å². The first-order valence-corrected chi connectivity index (χ1v) is 9.12. The topological polar surface area (TPSA) is 41.1 Å². The average Bonchev–Trinajstić information content (AvgIpc) is 2.45. The molecular formula is C19H24N2OS. The highest BCUT2D eigenvalue weighted by Gasteiger charge is 2.51. The molecule has 3 nitrogen and oxygen atoms in total. The maximum absolute atomic E-state index is 12.3. The highest BCUT2D eigenvalue weighted by atomic mass is 32.1. The van der Waals surface area contributed by atoms with Gasteiger partial charge in [-0.15, -0.1) is 0 Å². The highest BCUT2D eigenvalue weighted by Crippen LogP contribution is 2.55. The normalized spacial score (nSPS) is 34.2. The Balaban J connectivity index is 1.40. The largest absolute Gasteiger partial charge is 0.357 e. The van der Waals surface area contributed by atoms with Crippen LogP contribution in [0, 0.1) is 24.7 Å². The molecule has 5 rings (SSSR count). The van der Waals surface area contributed by atoms with E-state index in [9.17, 15) is 4.79 Å². The number of hydrogen-bond donors (Lipinski definition) is 2. The number of benzene rings is 1. The summed E-state index contributed by atoms with van der Waals surface area (Å²) >= 11 is 5.45. The van der Waals surface area contributed by atoms with Crippen LogP contribution in [0.1, 0.15) is 54.4 Å². The summed E-state index contributed by atoms with van der Waals surface area (Å²) in [6, 6.07) is 7.59. The van der Waals surface area contributed by atoms with Crippen LogP contribution < -0.4 is 10.6 Å². The molecule has 0 heterocycles. The average molecular weight is 328 g/mol. The van der Waals surface area contributed by atoms with Crippen LogP contribution in [0.3, 0.4) is 0 Å². The Kier molecular flexibility index (Phi) is 3.67. The van der Waals surface area contributed by atoms with Crippen LogP contribution in [0.25, 0.3) is 0 Å². The van der Waals surface area contributed by atoms with Gasteiger partial charge in [-0.25, -0.2) is 0 Å². The minimum absolute atomic E-state index is 0.118. The van der Waals surface area contributed by atoms with Crippen molar-refractivity contribution in [1.29, 1.82) is 0 Å². The summed E-state index contributed by atoms with van der Waals surface area (Å²) in [5, 5.41) is 6.91. The van der Waals surface area contributed by atoms with Crippen LogP contribution in [0.4, 0.5) is 0 Å². The van der Waals surface area contributed by atoms with Gasteiger partial charge in [-0.1, -0.05) is 17.7 Å². The minimum atomic E-state index is -0.118. The molecule has 0 radical (unpaired) electrons. The van der Waals surface area contributed by atoms with Crippen LogP contribution in [-0.2, 0) is 0 Å². The lowest BCUT2D eigenvalue weighted by atomic mass is 9.53. The van der Waals surface area contributed by atoms with Crippen molar-refractivity contribution in [1.82, 2.24) is 10.6 Å². The van der Waals surface area contributed by atoms with Gasteiger partial charge in [0.2, 0.25) is 0 Å². The number of rotatable bonds is 2. The molecule has 0 atom stereocenters. The smallest absolute Gasteiger partial charge is 0.257 e. The minimum Gasteiger partial charge on any atom is -0.357 e. The number of amides is 1. The molecule has 1 aromatic rings. The molecule has 4 heteroatoms. The van der Waals surface area contributed by atoms with E-state index in [-0.39, 0.29) is 11.4 Å². The van der Waals surface area contributed by atoms with Crippen LogP contribution in [0.5, 0.6) is 0 Å². The Morgan fingerprint density at radius 2 is 1.57 bits per heavy atom. The summed E-state index contributed by atoms with van der Waals surface area (Å²) in [6.07, 6.45) is 7.88. The van der Waals surface area contributed by atoms with Crippen molar-refractivity contribution < 1.29 is 4.79 Å². The molecule has 4 fully saturated rings. The third-order valence-corrected chi connectivity index (χ3v) is 6.16. The molecule has 0 saturated heterocycles. The molecule has 0 spiro atoms. The van der Waals surface area contributed by atoms with Crippen LogP contribution >= 0.6 is 12.2 Å². The number of aryl methyl sites for hydroxylation is 1. The molecule has 2 N–H and O–H groups in total. The summed E-state index contributed by atoms with van der Waals surface area (Å²) in [5.41, 5.74) is 1.95. The number of carbonyl (C=O) groups excluding carboxylic acids is 1. The van der Waals surface area contributed by atoms with Gasteiger partial charge in [0.05, 0.1) is 0 Å². The molecule has 122 valence electrons. The molecule has 0 aromatic heterocycles. The fraction of sp³-hybridized carbons (Fsp3) is 0.579. The third kappa shape index (κ3) is 3.01. The summed E-state index contributed by atoms with van der Waals surface area (Å²) in [5.74, 6) is 2.48. The predicted molar refractivity (Wildman–Crippen MR) is 95.3 cm³/mol. The lowest BCUT2D eigenvalue weighted by Crippen LogP contribution is -2.61. The zero-order chi connectivity index (χ0) is 16.0. The van der Waals surface area contributed by atoms with E-state index in [0.29, 0.717) is 10.7 Å². The molecule has 0 unspecified atom stereocenters. The molecule has 1 aromatic carbocycles. The quantitative estimate of drug-likeness (QED) is 0.816. The van der Waals surface area contributed by atoms with Crippen molar-refractivity contribution in [2.24, 2.45) is 17.8 Å².